The van der Waals surface area contributed by atoms with Crippen molar-refractivity contribution in [3.8, 4) is 17.2 Å². The van der Waals surface area contributed by atoms with Crippen LogP contribution in [0.3, 0.4) is 0 Å². The predicted octanol–water partition coefficient (Wildman–Crippen LogP) is 4.92. The molecule has 0 atom stereocenters. The molecule has 0 fully saturated rings. The maximum atomic E-state index is 13.2. The minimum atomic E-state index is 0.113. The van der Waals surface area contributed by atoms with E-state index in [-0.39, 0.29) is 5.91 Å². The summed E-state index contributed by atoms with van der Waals surface area (Å²) in [7, 11) is 4.78. The van der Waals surface area contributed by atoms with Gasteiger partial charge in [-0.1, -0.05) is 66.7 Å². The van der Waals surface area contributed by atoms with Crippen molar-refractivity contribution in [1.29, 1.82) is 0 Å². The highest BCUT2D eigenvalue weighted by atomic mass is 16.5. The molecule has 0 aliphatic heterocycles. The van der Waals surface area contributed by atoms with Gasteiger partial charge in [-0.25, -0.2) is 0 Å². The Morgan fingerprint density at radius 3 is 1.94 bits per heavy atom. The Balaban J connectivity index is 1.73. The molecule has 0 saturated heterocycles. The lowest BCUT2D eigenvalue weighted by Crippen LogP contribution is -2.32. The van der Waals surface area contributed by atoms with Crippen molar-refractivity contribution in [3.63, 3.8) is 0 Å². The van der Waals surface area contributed by atoms with E-state index in [0.29, 0.717) is 43.2 Å². The molecule has 0 bridgehead atoms. The first kappa shape index (κ1) is 23.2. The van der Waals surface area contributed by atoms with Crippen LogP contribution in [-0.4, -0.2) is 38.7 Å². The minimum Gasteiger partial charge on any atom is -0.493 e. The van der Waals surface area contributed by atoms with Gasteiger partial charge in [-0.3, -0.25) is 4.79 Å². The summed E-state index contributed by atoms with van der Waals surface area (Å²) in [6.07, 6.45) is 1.76. The molecule has 0 saturated carbocycles. The Hall–Kier alpha value is -3.47. The zero-order valence-electron chi connectivity index (χ0n) is 19.0. The van der Waals surface area contributed by atoms with Gasteiger partial charge in [0.25, 0.3) is 0 Å². The maximum absolute atomic E-state index is 13.2. The third-order valence-electron chi connectivity index (χ3n) is 5.48. The van der Waals surface area contributed by atoms with Gasteiger partial charge in [-0.05, 0) is 35.6 Å². The summed E-state index contributed by atoms with van der Waals surface area (Å²) in [5, 5.41) is 0. The van der Waals surface area contributed by atoms with Gasteiger partial charge in [0, 0.05) is 19.5 Å². The lowest BCUT2D eigenvalue weighted by Gasteiger charge is -2.23. The van der Waals surface area contributed by atoms with Crippen LogP contribution in [0, 0.1) is 0 Å². The Labute approximate surface area is 190 Å². The van der Waals surface area contributed by atoms with Crippen molar-refractivity contribution >= 4 is 5.91 Å². The summed E-state index contributed by atoms with van der Waals surface area (Å²) in [6, 6.07) is 24.1. The van der Waals surface area contributed by atoms with E-state index in [1.807, 2.05) is 53.4 Å². The van der Waals surface area contributed by atoms with Crippen molar-refractivity contribution in [2.24, 2.45) is 0 Å². The topological polar surface area (TPSA) is 48.0 Å². The molecular weight excluding hydrogens is 402 g/mol. The Kier molecular flexibility index (Phi) is 8.55. The average Bonchev–Trinajstić information content (AvgIpc) is 2.85. The monoisotopic (exact) mass is 433 g/mol. The fraction of sp³-hybridized carbons (Fsp3) is 0.296. The first-order valence-corrected chi connectivity index (χ1v) is 10.8. The number of methoxy groups -OCH3 is 3. The van der Waals surface area contributed by atoms with Crippen LogP contribution in [-0.2, 0) is 24.2 Å². The molecule has 0 heterocycles. The summed E-state index contributed by atoms with van der Waals surface area (Å²) in [4.78, 5) is 15.2. The highest BCUT2D eigenvalue weighted by molar-refractivity contribution is 5.76. The van der Waals surface area contributed by atoms with Crippen molar-refractivity contribution < 1.29 is 19.0 Å². The molecule has 3 aromatic rings. The number of amides is 1. The standard InChI is InChI=1S/C27H31NO4/c1-30-24-16-14-23(26(31-2)27(24)32-3)15-17-25(29)28(20-22-12-8-5-9-13-22)19-18-21-10-6-4-7-11-21/h4-14,16H,15,17-20H2,1-3H3. The molecule has 1 amide bonds. The van der Waals surface area contributed by atoms with Crippen molar-refractivity contribution in [3.05, 3.63) is 89.5 Å². The molecule has 0 aromatic heterocycles. The largest absolute Gasteiger partial charge is 0.493 e. The molecule has 0 aliphatic rings. The predicted molar refractivity (Wildman–Crippen MR) is 126 cm³/mol. The van der Waals surface area contributed by atoms with E-state index in [9.17, 15) is 4.79 Å². The Bertz CT molecular complexity index is 989. The van der Waals surface area contributed by atoms with E-state index in [4.69, 9.17) is 14.2 Å². The lowest BCUT2D eigenvalue weighted by atomic mass is 10.1. The van der Waals surface area contributed by atoms with Crippen LogP contribution in [0.5, 0.6) is 17.2 Å². The second kappa shape index (κ2) is 11.8. The normalized spacial score (nSPS) is 10.5. The van der Waals surface area contributed by atoms with E-state index in [1.165, 1.54) is 5.56 Å². The molecule has 3 aromatic carbocycles. The van der Waals surface area contributed by atoms with Crippen LogP contribution < -0.4 is 14.2 Å². The number of benzene rings is 3. The number of hydrogen-bond donors (Lipinski definition) is 0. The van der Waals surface area contributed by atoms with Gasteiger partial charge in [0.15, 0.2) is 11.5 Å². The van der Waals surface area contributed by atoms with Crippen molar-refractivity contribution in [2.75, 3.05) is 27.9 Å². The first-order valence-electron chi connectivity index (χ1n) is 10.8. The second-order valence-electron chi connectivity index (χ2n) is 7.53. The molecule has 5 nitrogen and oxygen atoms in total. The smallest absolute Gasteiger partial charge is 0.223 e. The zero-order valence-corrected chi connectivity index (χ0v) is 19.0. The minimum absolute atomic E-state index is 0.113. The lowest BCUT2D eigenvalue weighted by molar-refractivity contribution is -0.131. The zero-order chi connectivity index (χ0) is 22.8. The summed E-state index contributed by atoms with van der Waals surface area (Å²) < 4.78 is 16.4. The fourth-order valence-electron chi connectivity index (χ4n) is 3.76. The molecule has 5 heteroatoms. The highest BCUT2D eigenvalue weighted by Gasteiger charge is 2.19. The van der Waals surface area contributed by atoms with E-state index >= 15 is 0 Å². The average molecular weight is 434 g/mol. The van der Waals surface area contributed by atoms with Gasteiger partial charge >= 0.3 is 0 Å². The summed E-state index contributed by atoms with van der Waals surface area (Å²) in [6.45, 7) is 1.26. The molecule has 0 unspecified atom stereocenters. The number of nitrogens with zero attached hydrogens (tertiary/aromatic N) is 1. The third-order valence-corrected chi connectivity index (χ3v) is 5.48. The quantitative estimate of drug-likeness (QED) is 0.431. The fourth-order valence-corrected chi connectivity index (χ4v) is 3.76. The number of carbonyl (C=O) groups excluding carboxylic acids is 1. The van der Waals surface area contributed by atoms with Gasteiger partial charge in [-0.2, -0.15) is 0 Å². The van der Waals surface area contributed by atoms with Gasteiger partial charge in [0.1, 0.15) is 0 Å². The highest BCUT2D eigenvalue weighted by Crippen LogP contribution is 2.40. The summed E-state index contributed by atoms with van der Waals surface area (Å²) >= 11 is 0. The molecule has 0 spiro atoms. The third kappa shape index (κ3) is 6.03. The van der Waals surface area contributed by atoms with E-state index in [2.05, 4.69) is 24.3 Å². The first-order chi connectivity index (χ1) is 15.7. The van der Waals surface area contributed by atoms with Crippen LogP contribution in [0.25, 0.3) is 0 Å². The van der Waals surface area contributed by atoms with Gasteiger partial charge in [0.2, 0.25) is 11.7 Å². The van der Waals surface area contributed by atoms with Crippen molar-refractivity contribution in [1.82, 2.24) is 4.90 Å². The molecule has 0 N–H and O–H groups in total. The summed E-state index contributed by atoms with van der Waals surface area (Å²) in [5.41, 5.74) is 3.26. The number of ether oxygens (including phenoxy) is 3. The SMILES string of the molecule is COc1ccc(CCC(=O)N(CCc2ccccc2)Cc2ccccc2)c(OC)c1OC. The maximum Gasteiger partial charge on any atom is 0.223 e. The van der Waals surface area contributed by atoms with Crippen LogP contribution in [0.2, 0.25) is 0 Å². The molecule has 0 radical (unpaired) electrons. The number of aryl methyl sites for hydroxylation is 1. The number of hydrogen-bond acceptors (Lipinski definition) is 4. The van der Waals surface area contributed by atoms with Crippen LogP contribution in [0.1, 0.15) is 23.1 Å². The van der Waals surface area contributed by atoms with E-state index < -0.39 is 0 Å². The Morgan fingerprint density at radius 1 is 0.719 bits per heavy atom. The molecule has 0 aliphatic carbocycles. The molecule has 3 rings (SSSR count). The van der Waals surface area contributed by atoms with E-state index in [1.54, 1.807) is 21.3 Å². The number of carbonyl (C=O) groups is 1. The van der Waals surface area contributed by atoms with Gasteiger partial charge in [0.05, 0.1) is 21.3 Å². The van der Waals surface area contributed by atoms with Crippen LogP contribution in [0.15, 0.2) is 72.8 Å². The Morgan fingerprint density at radius 2 is 1.34 bits per heavy atom. The van der Waals surface area contributed by atoms with Crippen LogP contribution >= 0.6 is 0 Å². The van der Waals surface area contributed by atoms with Crippen molar-refractivity contribution in [2.45, 2.75) is 25.8 Å². The van der Waals surface area contributed by atoms with Gasteiger partial charge in [-0.15, -0.1) is 0 Å². The molecule has 32 heavy (non-hydrogen) atoms. The van der Waals surface area contributed by atoms with E-state index in [0.717, 1.165) is 17.5 Å². The molecule has 168 valence electrons. The second-order valence-corrected chi connectivity index (χ2v) is 7.53. The van der Waals surface area contributed by atoms with Gasteiger partial charge < -0.3 is 19.1 Å². The number of rotatable bonds is 11. The molecular formula is C27H31NO4. The van der Waals surface area contributed by atoms with Crippen LogP contribution in [0.4, 0.5) is 0 Å². The summed E-state index contributed by atoms with van der Waals surface area (Å²) in [5.74, 6) is 1.87.